The molecule has 0 aliphatic heterocycles. The molecular formula is C15H19BrN6O2. The molecule has 3 amide bonds. The summed E-state index contributed by atoms with van der Waals surface area (Å²) in [6.07, 6.45) is 2.15. The fraction of sp³-hybridized carbons (Fsp3) is 0.333. The van der Waals surface area contributed by atoms with Crippen molar-refractivity contribution >= 4 is 33.7 Å². The molecule has 0 unspecified atom stereocenters. The predicted molar refractivity (Wildman–Crippen MR) is 93.6 cm³/mol. The molecule has 1 aromatic carbocycles. The first kappa shape index (κ1) is 17.9. The highest BCUT2D eigenvalue weighted by Crippen LogP contribution is 2.10. The molecule has 0 saturated heterocycles. The molecule has 0 radical (unpaired) electrons. The van der Waals surface area contributed by atoms with E-state index in [-0.39, 0.29) is 18.5 Å². The second kappa shape index (κ2) is 8.44. The summed E-state index contributed by atoms with van der Waals surface area (Å²) < 4.78 is 1.03. The van der Waals surface area contributed by atoms with E-state index < -0.39 is 0 Å². The highest BCUT2D eigenvalue weighted by molar-refractivity contribution is 9.10. The van der Waals surface area contributed by atoms with E-state index in [9.17, 15) is 9.59 Å². The van der Waals surface area contributed by atoms with Crippen molar-refractivity contribution in [2.45, 2.75) is 13.0 Å². The maximum atomic E-state index is 11.9. The van der Waals surface area contributed by atoms with Crippen LogP contribution in [-0.4, -0.2) is 52.5 Å². The van der Waals surface area contributed by atoms with Gasteiger partial charge in [0.15, 0.2) is 5.82 Å². The van der Waals surface area contributed by atoms with Crippen LogP contribution in [-0.2, 0) is 17.8 Å². The van der Waals surface area contributed by atoms with E-state index in [1.807, 2.05) is 24.3 Å². The summed E-state index contributed by atoms with van der Waals surface area (Å²) in [6, 6.07) is 7.64. The van der Waals surface area contributed by atoms with Gasteiger partial charge in [-0.25, -0.2) is 4.79 Å². The monoisotopic (exact) mass is 394 g/mol. The first-order valence-electron chi connectivity index (χ1n) is 7.33. The van der Waals surface area contributed by atoms with Gasteiger partial charge >= 0.3 is 6.03 Å². The molecule has 24 heavy (non-hydrogen) atoms. The van der Waals surface area contributed by atoms with Gasteiger partial charge in [-0.05, 0) is 24.1 Å². The molecule has 0 spiro atoms. The van der Waals surface area contributed by atoms with Crippen LogP contribution in [0.3, 0.4) is 0 Å². The third-order valence-electron chi connectivity index (χ3n) is 3.11. The Bertz CT molecular complexity index is 698. The lowest BCUT2D eigenvalue weighted by atomic mass is 10.1. The van der Waals surface area contributed by atoms with Crippen molar-refractivity contribution < 1.29 is 9.59 Å². The number of benzene rings is 1. The third kappa shape index (κ3) is 5.65. The van der Waals surface area contributed by atoms with Gasteiger partial charge in [-0.3, -0.25) is 10.1 Å². The van der Waals surface area contributed by atoms with Gasteiger partial charge in [0, 0.05) is 25.1 Å². The second-order valence-corrected chi connectivity index (χ2v) is 6.23. The minimum atomic E-state index is -0.305. The number of rotatable bonds is 6. The maximum absolute atomic E-state index is 11.9. The first-order chi connectivity index (χ1) is 11.4. The SMILES string of the molecule is CN(C)C(=O)Nc1cnn(CC(=O)NCCc2ccc(Br)cc2)n1. The molecule has 0 aliphatic carbocycles. The Labute approximate surface area is 148 Å². The van der Waals surface area contributed by atoms with Crippen LogP contribution in [0.5, 0.6) is 0 Å². The number of anilines is 1. The predicted octanol–water partition coefficient (Wildman–Crippen LogP) is 1.49. The van der Waals surface area contributed by atoms with Crippen molar-refractivity contribution in [2.75, 3.05) is 26.0 Å². The summed E-state index contributed by atoms with van der Waals surface area (Å²) in [4.78, 5) is 26.0. The van der Waals surface area contributed by atoms with E-state index in [0.29, 0.717) is 12.4 Å². The molecule has 1 aromatic heterocycles. The highest BCUT2D eigenvalue weighted by atomic mass is 79.9. The van der Waals surface area contributed by atoms with Crippen LogP contribution >= 0.6 is 15.9 Å². The quantitative estimate of drug-likeness (QED) is 0.776. The fourth-order valence-corrected chi connectivity index (χ4v) is 2.10. The highest BCUT2D eigenvalue weighted by Gasteiger charge is 2.09. The standard InChI is InChI=1S/C15H19BrN6O2/c1-21(2)15(24)19-13-9-18-22(20-13)10-14(23)17-8-7-11-3-5-12(16)6-4-11/h3-6,9H,7-8,10H2,1-2H3,(H,17,23)(H,19,20,24). The van der Waals surface area contributed by atoms with Crippen molar-refractivity contribution in [1.82, 2.24) is 25.2 Å². The van der Waals surface area contributed by atoms with Gasteiger partial charge in [0.05, 0.1) is 6.20 Å². The molecule has 0 bridgehead atoms. The van der Waals surface area contributed by atoms with Crippen LogP contribution in [0.2, 0.25) is 0 Å². The number of halogens is 1. The normalized spacial score (nSPS) is 10.3. The van der Waals surface area contributed by atoms with Gasteiger partial charge in [0.1, 0.15) is 6.54 Å². The molecule has 1 heterocycles. The molecule has 2 aromatic rings. The summed E-state index contributed by atoms with van der Waals surface area (Å²) in [5.74, 6) is 0.115. The third-order valence-corrected chi connectivity index (χ3v) is 3.64. The second-order valence-electron chi connectivity index (χ2n) is 5.31. The van der Waals surface area contributed by atoms with Crippen LogP contribution in [0.15, 0.2) is 34.9 Å². The molecule has 0 atom stereocenters. The topological polar surface area (TPSA) is 92.2 Å². The van der Waals surface area contributed by atoms with E-state index in [0.717, 1.165) is 16.5 Å². The largest absolute Gasteiger partial charge is 0.354 e. The minimum absolute atomic E-state index is 0.00181. The van der Waals surface area contributed by atoms with Crippen LogP contribution in [0.25, 0.3) is 0 Å². The number of aromatic nitrogens is 3. The number of nitrogens with zero attached hydrogens (tertiary/aromatic N) is 4. The Morgan fingerprint density at radius 3 is 2.62 bits per heavy atom. The van der Waals surface area contributed by atoms with Gasteiger partial charge in [-0.2, -0.15) is 9.90 Å². The molecule has 128 valence electrons. The van der Waals surface area contributed by atoms with Crippen LogP contribution < -0.4 is 10.6 Å². The van der Waals surface area contributed by atoms with Gasteiger partial charge in [-0.15, -0.1) is 5.10 Å². The lowest BCUT2D eigenvalue weighted by Gasteiger charge is -2.09. The molecule has 0 aliphatic rings. The summed E-state index contributed by atoms with van der Waals surface area (Å²) >= 11 is 3.38. The van der Waals surface area contributed by atoms with E-state index in [1.54, 1.807) is 14.1 Å². The Morgan fingerprint density at radius 1 is 1.25 bits per heavy atom. The smallest absolute Gasteiger partial charge is 0.322 e. The van der Waals surface area contributed by atoms with E-state index in [1.165, 1.54) is 15.9 Å². The number of urea groups is 1. The van der Waals surface area contributed by atoms with Gasteiger partial charge in [0.25, 0.3) is 0 Å². The number of amides is 3. The van der Waals surface area contributed by atoms with E-state index in [4.69, 9.17) is 0 Å². The zero-order valence-corrected chi connectivity index (χ0v) is 15.1. The number of hydrogen-bond donors (Lipinski definition) is 2. The number of nitrogens with one attached hydrogen (secondary N) is 2. The maximum Gasteiger partial charge on any atom is 0.322 e. The lowest BCUT2D eigenvalue weighted by Crippen LogP contribution is -2.30. The minimum Gasteiger partial charge on any atom is -0.354 e. The fourth-order valence-electron chi connectivity index (χ4n) is 1.83. The van der Waals surface area contributed by atoms with Gasteiger partial charge < -0.3 is 10.2 Å². The molecule has 8 nitrogen and oxygen atoms in total. The number of carbonyl (C=O) groups is 2. The Kier molecular flexibility index (Phi) is 6.30. The van der Waals surface area contributed by atoms with E-state index in [2.05, 4.69) is 36.8 Å². The Balaban J connectivity index is 1.75. The molecule has 9 heteroatoms. The van der Waals surface area contributed by atoms with Gasteiger partial charge in [0.2, 0.25) is 5.91 Å². The van der Waals surface area contributed by atoms with Crippen molar-refractivity contribution in [3.05, 3.63) is 40.5 Å². The Hall–Kier alpha value is -2.42. The van der Waals surface area contributed by atoms with Crippen LogP contribution in [0.1, 0.15) is 5.56 Å². The zero-order valence-electron chi connectivity index (χ0n) is 13.5. The van der Waals surface area contributed by atoms with Crippen molar-refractivity contribution in [3.63, 3.8) is 0 Å². The van der Waals surface area contributed by atoms with Gasteiger partial charge in [-0.1, -0.05) is 28.1 Å². The molecule has 0 saturated carbocycles. The summed E-state index contributed by atoms with van der Waals surface area (Å²) in [5, 5.41) is 13.4. The molecule has 2 rings (SSSR count). The molecule has 2 N–H and O–H groups in total. The average Bonchev–Trinajstić information content (AvgIpc) is 2.96. The zero-order chi connectivity index (χ0) is 17.5. The van der Waals surface area contributed by atoms with E-state index >= 15 is 0 Å². The first-order valence-corrected chi connectivity index (χ1v) is 8.13. The summed E-state index contributed by atoms with van der Waals surface area (Å²) in [7, 11) is 3.25. The van der Waals surface area contributed by atoms with Crippen molar-refractivity contribution in [3.8, 4) is 0 Å². The lowest BCUT2D eigenvalue weighted by molar-refractivity contribution is -0.122. The molecule has 0 fully saturated rings. The molecular weight excluding hydrogens is 376 g/mol. The average molecular weight is 395 g/mol. The number of carbonyl (C=O) groups excluding carboxylic acids is 2. The number of hydrogen-bond acceptors (Lipinski definition) is 4. The summed E-state index contributed by atoms with van der Waals surface area (Å²) in [5.41, 5.74) is 1.14. The Morgan fingerprint density at radius 2 is 1.96 bits per heavy atom. The van der Waals surface area contributed by atoms with Crippen LogP contribution in [0, 0.1) is 0 Å². The summed E-state index contributed by atoms with van der Waals surface area (Å²) in [6.45, 7) is 0.532. The van der Waals surface area contributed by atoms with Crippen molar-refractivity contribution in [2.24, 2.45) is 0 Å². The van der Waals surface area contributed by atoms with Crippen molar-refractivity contribution in [1.29, 1.82) is 0 Å². The van der Waals surface area contributed by atoms with Crippen LogP contribution in [0.4, 0.5) is 10.6 Å².